The predicted molar refractivity (Wildman–Crippen MR) is 69.5 cm³/mol. The Bertz CT molecular complexity index is 522. The molecule has 6 heteroatoms. The second-order valence-electron chi connectivity index (χ2n) is 5.16. The minimum absolute atomic E-state index is 0.130. The molecular weight excluding hydrogens is 250 g/mol. The van der Waals surface area contributed by atoms with Crippen molar-refractivity contribution in [2.24, 2.45) is 5.41 Å². The van der Waals surface area contributed by atoms with Crippen molar-refractivity contribution in [2.75, 3.05) is 6.61 Å². The number of ether oxygens (including phenoxy) is 1. The molecule has 0 heterocycles. The Hall–Kier alpha value is -2.11. The molecule has 0 aromatic heterocycles. The highest BCUT2D eigenvalue weighted by atomic mass is 16.6. The number of carboxylic acid groups (broad SMARTS) is 1. The third-order valence-electron chi connectivity index (χ3n) is 2.75. The molecule has 0 bridgehead atoms. The van der Waals surface area contributed by atoms with Gasteiger partial charge in [0.1, 0.15) is 6.61 Å². The van der Waals surface area contributed by atoms with Gasteiger partial charge in [-0.1, -0.05) is 6.07 Å². The zero-order chi connectivity index (χ0) is 14.8. The zero-order valence-electron chi connectivity index (χ0n) is 11.4. The van der Waals surface area contributed by atoms with Gasteiger partial charge in [0.15, 0.2) is 5.75 Å². The molecular formula is C13H17NO5. The SMILES string of the molecule is Cc1cc(C)c(OCC(C)(C)C(=O)O)c([N+](=O)[O-])c1. The highest BCUT2D eigenvalue weighted by Gasteiger charge is 2.30. The number of rotatable bonds is 5. The fourth-order valence-electron chi connectivity index (χ4n) is 1.57. The van der Waals surface area contributed by atoms with E-state index in [1.54, 1.807) is 19.9 Å². The van der Waals surface area contributed by atoms with Gasteiger partial charge in [-0.15, -0.1) is 0 Å². The summed E-state index contributed by atoms with van der Waals surface area (Å²) < 4.78 is 5.39. The van der Waals surface area contributed by atoms with Crippen molar-refractivity contribution in [2.45, 2.75) is 27.7 Å². The van der Waals surface area contributed by atoms with E-state index in [-0.39, 0.29) is 18.0 Å². The first-order valence-electron chi connectivity index (χ1n) is 5.77. The lowest BCUT2D eigenvalue weighted by molar-refractivity contribution is -0.386. The molecule has 104 valence electrons. The van der Waals surface area contributed by atoms with Crippen molar-refractivity contribution < 1.29 is 19.6 Å². The van der Waals surface area contributed by atoms with Crippen LogP contribution in [0.25, 0.3) is 0 Å². The lowest BCUT2D eigenvalue weighted by Crippen LogP contribution is -2.31. The first kappa shape index (κ1) is 14.9. The van der Waals surface area contributed by atoms with Crippen LogP contribution >= 0.6 is 0 Å². The number of benzene rings is 1. The molecule has 0 radical (unpaired) electrons. The van der Waals surface area contributed by atoms with E-state index in [1.807, 2.05) is 0 Å². The molecule has 19 heavy (non-hydrogen) atoms. The molecule has 0 atom stereocenters. The lowest BCUT2D eigenvalue weighted by atomic mass is 9.95. The number of carbonyl (C=O) groups is 1. The molecule has 0 aliphatic rings. The van der Waals surface area contributed by atoms with E-state index in [4.69, 9.17) is 9.84 Å². The predicted octanol–water partition coefficient (Wildman–Crippen LogP) is 2.70. The van der Waals surface area contributed by atoms with E-state index in [0.717, 1.165) is 5.56 Å². The van der Waals surface area contributed by atoms with Crippen LogP contribution in [0.15, 0.2) is 12.1 Å². The molecule has 0 saturated heterocycles. The molecule has 0 aliphatic heterocycles. The molecule has 1 N–H and O–H groups in total. The Morgan fingerprint density at radius 3 is 2.47 bits per heavy atom. The minimum Gasteiger partial charge on any atom is -0.485 e. The van der Waals surface area contributed by atoms with Crippen LogP contribution in [0.4, 0.5) is 5.69 Å². The molecule has 1 aromatic carbocycles. The van der Waals surface area contributed by atoms with E-state index in [9.17, 15) is 14.9 Å². The van der Waals surface area contributed by atoms with Gasteiger partial charge in [-0.25, -0.2) is 0 Å². The topological polar surface area (TPSA) is 89.7 Å². The van der Waals surface area contributed by atoms with E-state index < -0.39 is 16.3 Å². The summed E-state index contributed by atoms with van der Waals surface area (Å²) in [7, 11) is 0. The van der Waals surface area contributed by atoms with Crippen LogP contribution in [0.3, 0.4) is 0 Å². The van der Waals surface area contributed by atoms with Crippen LogP contribution in [0.5, 0.6) is 5.75 Å². The number of nitro groups is 1. The maximum absolute atomic E-state index is 11.0. The van der Waals surface area contributed by atoms with Crippen LogP contribution in [0.2, 0.25) is 0 Å². The van der Waals surface area contributed by atoms with Gasteiger partial charge in [0.25, 0.3) is 0 Å². The second-order valence-corrected chi connectivity index (χ2v) is 5.16. The molecule has 1 aromatic rings. The molecule has 0 aliphatic carbocycles. The van der Waals surface area contributed by atoms with Crippen LogP contribution < -0.4 is 4.74 Å². The van der Waals surface area contributed by atoms with Crippen LogP contribution in [-0.4, -0.2) is 22.6 Å². The summed E-state index contributed by atoms with van der Waals surface area (Å²) in [5.74, 6) is -0.884. The summed E-state index contributed by atoms with van der Waals surface area (Å²) in [5, 5.41) is 20.0. The first-order valence-corrected chi connectivity index (χ1v) is 5.77. The number of aliphatic carboxylic acids is 1. The molecule has 0 amide bonds. The van der Waals surface area contributed by atoms with Crippen molar-refractivity contribution in [3.8, 4) is 5.75 Å². The van der Waals surface area contributed by atoms with E-state index >= 15 is 0 Å². The smallest absolute Gasteiger partial charge is 0.312 e. The Balaban J connectivity index is 3.08. The Morgan fingerprint density at radius 1 is 1.42 bits per heavy atom. The fourth-order valence-corrected chi connectivity index (χ4v) is 1.57. The van der Waals surface area contributed by atoms with Gasteiger partial charge in [0.2, 0.25) is 0 Å². The van der Waals surface area contributed by atoms with Gasteiger partial charge < -0.3 is 9.84 Å². The number of nitrogens with zero attached hydrogens (tertiary/aromatic N) is 1. The molecule has 0 fully saturated rings. The quantitative estimate of drug-likeness (QED) is 0.654. The minimum atomic E-state index is -1.11. The van der Waals surface area contributed by atoms with Crippen LogP contribution in [0, 0.1) is 29.4 Å². The average Bonchev–Trinajstić information content (AvgIpc) is 2.26. The third-order valence-corrected chi connectivity index (χ3v) is 2.75. The lowest BCUT2D eigenvalue weighted by Gasteiger charge is -2.20. The summed E-state index contributed by atoms with van der Waals surface area (Å²) >= 11 is 0. The number of hydrogen-bond donors (Lipinski definition) is 1. The summed E-state index contributed by atoms with van der Waals surface area (Å²) in [5.41, 5.74) is 0.131. The van der Waals surface area contributed by atoms with Gasteiger partial charge in [-0.3, -0.25) is 14.9 Å². The van der Waals surface area contributed by atoms with Crippen LogP contribution in [0.1, 0.15) is 25.0 Å². The van der Waals surface area contributed by atoms with Crippen molar-refractivity contribution in [1.29, 1.82) is 0 Å². The Kier molecular flexibility index (Phi) is 4.14. The maximum atomic E-state index is 11.0. The summed E-state index contributed by atoms with van der Waals surface area (Å²) in [6.45, 7) is 6.33. The third kappa shape index (κ3) is 3.43. The number of hydrogen-bond acceptors (Lipinski definition) is 4. The summed E-state index contributed by atoms with van der Waals surface area (Å²) in [6, 6.07) is 3.17. The van der Waals surface area contributed by atoms with Crippen molar-refractivity contribution in [3.05, 3.63) is 33.4 Å². The van der Waals surface area contributed by atoms with Crippen LogP contribution in [-0.2, 0) is 4.79 Å². The highest BCUT2D eigenvalue weighted by Crippen LogP contribution is 2.33. The normalized spacial score (nSPS) is 11.2. The van der Waals surface area contributed by atoms with Crippen molar-refractivity contribution in [3.63, 3.8) is 0 Å². The monoisotopic (exact) mass is 267 g/mol. The summed E-state index contributed by atoms with van der Waals surface area (Å²) in [4.78, 5) is 21.5. The average molecular weight is 267 g/mol. The second kappa shape index (κ2) is 5.26. The number of nitro benzene ring substituents is 1. The first-order chi connectivity index (χ1) is 8.65. The molecule has 0 unspecified atom stereocenters. The highest BCUT2D eigenvalue weighted by molar-refractivity contribution is 5.73. The van der Waals surface area contributed by atoms with E-state index in [1.165, 1.54) is 19.9 Å². The van der Waals surface area contributed by atoms with Gasteiger partial charge in [-0.2, -0.15) is 0 Å². The van der Waals surface area contributed by atoms with Gasteiger partial charge >= 0.3 is 11.7 Å². The van der Waals surface area contributed by atoms with Crippen molar-refractivity contribution >= 4 is 11.7 Å². The molecule has 0 spiro atoms. The number of aryl methyl sites for hydroxylation is 2. The Labute approximate surface area is 111 Å². The van der Waals surface area contributed by atoms with E-state index in [0.29, 0.717) is 5.56 Å². The molecule has 0 saturated carbocycles. The van der Waals surface area contributed by atoms with Gasteiger partial charge in [0, 0.05) is 6.07 Å². The maximum Gasteiger partial charge on any atom is 0.312 e. The van der Waals surface area contributed by atoms with Crippen molar-refractivity contribution in [1.82, 2.24) is 0 Å². The van der Waals surface area contributed by atoms with Gasteiger partial charge in [0.05, 0.1) is 10.3 Å². The summed E-state index contributed by atoms with van der Waals surface area (Å²) in [6.07, 6.45) is 0. The molecule has 6 nitrogen and oxygen atoms in total. The van der Waals surface area contributed by atoms with Gasteiger partial charge in [-0.05, 0) is 38.8 Å². The largest absolute Gasteiger partial charge is 0.485 e. The molecule has 1 rings (SSSR count). The Morgan fingerprint density at radius 2 is 2.00 bits per heavy atom. The zero-order valence-corrected chi connectivity index (χ0v) is 11.4. The fraction of sp³-hybridized carbons (Fsp3) is 0.462. The van der Waals surface area contributed by atoms with E-state index in [2.05, 4.69) is 0 Å². The number of carboxylic acids is 1. The standard InChI is InChI=1S/C13H17NO5/c1-8-5-9(2)11(10(6-8)14(17)18)19-7-13(3,4)12(15)16/h5-6H,7H2,1-4H3,(H,15,16).